The smallest absolute Gasteiger partial charge is 0.257 e. The van der Waals surface area contributed by atoms with Gasteiger partial charge >= 0.3 is 0 Å². The van der Waals surface area contributed by atoms with Crippen LogP contribution in [0.15, 0.2) is 12.1 Å². The molecule has 0 saturated carbocycles. The summed E-state index contributed by atoms with van der Waals surface area (Å²) < 4.78 is 10.5. The van der Waals surface area contributed by atoms with E-state index in [1.807, 2.05) is 20.8 Å². The van der Waals surface area contributed by atoms with Crippen molar-refractivity contribution in [1.29, 1.82) is 0 Å². The highest BCUT2D eigenvalue weighted by Crippen LogP contribution is 2.31. The third-order valence-corrected chi connectivity index (χ3v) is 4.21. The summed E-state index contributed by atoms with van der Waals surface area (Å²) in [5.74, 6) is 0.925. The number of hydrogen-bond donors (Lipinski definition) is 1. The first-order valence-corrected chi connectivity index (χ1v) is 7.26. The molecule has 0 spiro atoms. The Bertz CT molecular complexity index is 660. The summed E-state index contributed by atoms with van der Waals surface area (Å²) >= 11 is 1.46. The molecule has 0 aliphatic rings. The molecule has 1 heterocycles. The van der Waals surface area contributed by atoms with Crippen molar-refractivity contribution in [2.45, 2.75) is 20.8 Å². The van der Waals surface area contributed by atoms with Gasteiger partial charge in [0.25, 0.3) is 5.91 Å². The SMILES string of the molecule is COc1cc(C)c(C(=O)Nc2nc(C)c(C)s2)cc1OC. The molecule has 112 valence electrons. The van der Waals surface area contributed by atoms with Gasteiger partial charge in [0.05, 0.1) is 19.9 Å². The standard InChI is InChI=1S/C15H18N2O3S/c1-8-6-12(19-4)13(20-5)7-11(8)14(18)17-15-16-9(2)10(3)21-15/h6-7H,1-5H3,(H,16,17,18). The van der Waals surface area contributed by atoms with Crippen LogP contribution in [0.2, 0.25) is 0 Å². The van der Waals surface area contributed by atoms with Crippen molar-refractivity contribution >= 4 is 22.4 Å². The zero-order valence-corrected chi connectivity index (χ0v) is 13.6. The lowest BCUT2D eigenvalue weighted by atomic mass is 10.1. The minimum absolute atomic E-state index is 0.206. The average molecular weight is 306 g/mol. The number of nitrogens with one attached hydrogen (secondary N) is 1. The predicted octanol–water partition coefficient (Wildman–Crippen LogP) is 3.34. The fourth-order valence-electron chi connectivity index (χ4n) is 1.92. The van der Waals surface area contributed by atoms with E-state index in [9.17, 15) is 4.79 Å². The molecule has 0 aliphatic heterocycles. The number of carbonyl (C=O) groups excluding carboxylic acids is 1. The van der Waals surface area contributed by atoms with E-state index in [1.165, 1.54) is 11.3 Å². The van der Waals surface area contributed by atoms with Gasteiger partial charge in [-0.05, 0) is 38.5 Å². The Labute approximate surface area is 127 Å². The fourth-order valence-corrected chi connectivity index (χ4v) is 2.73. The predicted molar refractivity (Wildman–Crippen MR) is 83.8 cm³/mol. The summed E-state index contributed by atoms with van der Waals surface area (Å²) in [6, 6.07) is 3.46. The summed E-state index contributed by atoms with van der Waals surface area (Å²) in [5.41, 5.74) is 2.28. The maximum atomic E-state index is 12.4. The van der Waals surface area contributed by atoms with Crippen LogP contribution in [0.25, 0.3) is 0 Å². The molecule has 0 bridgehead atoms. The summed E-state index contributed by atoms with van der Waals surface area (Å²) in [5, 5.41) is 3.42. The minimum Gasteiger partial charge on any atom is -0.493 e. The molecule has 0 atom stereocenters. The van der Waals surface area contributed by atoms with Crippen molar-refractivity contribution in [3.63, 3.8) is 0 Å². The Kier molecular flexibility index (Phi) is 4.47. The lowest BCUT2D eigenvalue weighted by Crippen LogP contribution is -2.13. The van der Waals surface area contributed by atoms with Crippen LogP contribution in [0.3, 0.4) is 0 Å². The van der Waals surface area contributed by atoms with Crippen LogP contribution >= 0.6 is 11.3 Å². The number of methoxy groups -OCH3 is 2. The van der Waals surface area contributed by atoms with E-state index in [0.717, 1.165) is 16.1 Å². The lowest BCUT2D eigenvalue weighted by molar-refractivity contribution is 0.102. The second-order valence-corrected chi connectivity index (χ2v) is 5.84. The topological polar surface area (TPSA) is 60.5 Å². The number of benzene rings is 1. The number of anilines is 1. The van der Waals surface area contributed by atoms with Crippen LogP contribution in [0, 0.1) is 20.8 Å². The van der Waals surface area contributed by atoms with Crippen LogP contribution < -0.4 is 14.8 Å². The second kappa shape index (κ2) is 6.13. The highest BCUT2D eigenvalue weighted by atomic mass is 32.1. The summed E-state index contributed by atoms with van der Waals surface area (Å²) in [6.45, 7) is 5.75. The van der Waals surface area contributed by atoms with E-state index in [-0.39, 0.29) is 5.91 Å². The van der Waals surface area contributed by atoms with Crippen LogP contribution in [0.1, 0.15) is 26.5 Å². The Hall–Kier alpha value is -2.08. The molecule has 6 heteroatoms. The Morgan fingerprint density at radius 3 is 2.29 bits per heavy atom. The largest absolute Gasteiger partial charge is 0.493 e. The average Bonchev–Trinajstić information content (AvgIpc) is 2.76. The molecule has 0 unspecified atom stereocenters. The van der Waals surface area contributed by atoms with Gasteiger partial charge in [-0.25, -0.2) is 4.98 Å². The summed E-state index contributed by atoms with van der Waals surface area (Å²) in [6.07, 6.45) is 0. The zero-order valence-electron chi connectivity index (χ0n) is 12.7. The van der Waals surface area contributed by atoms with E-state index in [4.69, 9.17) is 9.47 Å². The first kappa shape index (κ1) is 15.3. The molecule has 0 saturated heterocycles. The molecule has 1 amide bonds. The summed E-state index contributed by atoms with van der Waals surface area (Å²) in [7, 11) is 3.11. The van der Waals surface area contributed by atoms with E-state index < -0.39 is 0 Å². The molecule has 1 N–H and O–H groups in total. The molecular formula is C15H18N2O3S. The van der Waals surface area contributed by atoms with Crippen molar-refractivity contribution in [2.24, 2.45) is 0 Å². The summed E-state index contributed by atoms with van der Waals surface area (Å²) in [4.78, 5) is 17.8. The quantitative estimate of drug-likeness (QED) is 0.941. The molecule has 21 heavy (non-hydrogen) atoms. The van der Waals surface area contributed by atoms with Crippen LogP contribution in [-0.4, -0.2) is 25.1 Å². The third kappa shape index (κ3) is 3.16. The molecule has 2 rings (SSSR count). The number of aryl methyl sites for hydroxylation is 3. The highest BCUT2D eigenvalue weighted by molar-refractivity contribution is 7.15. The Balaban J connectivity index is 2.30. The van der Waals surface area contributed by atoms with Crippen LogP contribution in [-0.2, 0) is 0 Å². The molecular weight excluding hydrogens is 288 g/mol. The van der Waals surface area contributed by atoms with E-state index in [0.29, 0.717) is 22.2 Å². The van der Waals surface area contributed by atoms with Crippen molar-refractivity contribution < 1.29 is 14.3 Å². The number of rotatable bonds is 4. The molecule has 0 aliphatic carbocycles. The minimum atomic E-state index is -0.206. The molecule has 0 radical (unpaired) electrons. The van der Waals surface area contributed by atoms with Crippen molar-refractivity contribution in [2.75, 3.05) is 19.5 Å². The number of thiazole rings is 1. The normalized spacial score (nSPS) is 10.3. The monoisotopic (exact) mass is 306 g/mol. The fraction of sp³-hybridized carbons (Fsp3) is 0.333. The first-order valence-electron chi connectivity index (χ1n) is 6.44. The van der Waals surface area contributed by atoms with Crippen molar-refractivity contribution in [1.82, 2.24) is 4.98 Å². The highest BCUT2D eigenvalue weighted by Gasteiger charge is 2.16. The van der Waals surface area contributed by atoms with Crippen LogP contribution in [0.4, 0.5) is 5.13 Å². The van der Waals surface area contributed by atoms with Gasteiger partial charge in [-0.2, -0.15) is 0 Å². The maximum absolute atomic E-state index is 12.4. The van der Waals surface area contributed by atoms with Crippen LogP contribution in [0.5, 0.6) is 11.5 Å². The Morgan fingerprint density at radius 1 is 1.14 bits per heavy atom. The zero-order chi connectivity index (χ0) is 15.6. The number of hydrogen-bond acceptors (Lipinski definition) is 5. The lowest BCUT2D eigenvalue weighted by Gasteiger charge is -2.12. The Morgan fingerprint density at radius 2 is 1.76 bits per heavy atom. The maximum Gasteiger partial charge on any atom is 0.257 e. The number of carbonyl (C=O) groups is 1. The van der Waals surface area contributed by atoms with Crippen molar-refractivity contribution in [3.8, 4) is 11.5 Å². The van der Waals surface area contributed by atoms with Gasteiger partial charge in [-0.1, -0.05) is 0 Å². The molecule has 1 aromatic heterocycles. The van der Waals surface area contributed by atoms with Gasteiger partial charge in [0.15, 0.2) is 16.6 Å². The number of nitrogens with zero attached hydrogens (tertiary/aromatic N) is 1. The number of ether oxygens (including phenoxy) is 2. The van der Waals surface area contributed by atoms with Gasteiger partial charge in [-0.15, -0.1) is 11.3 Å². The van der Waals surface area contributed by atoms with Gasteiger partial charge in [0, 0.05) is 10.4 Å². The van der Waals surface area contributed by atoms with E-state index in [2.05, 4.69) is 10.3 Å². The molecule has 5 nitrogen and oxygen atoms in total. The molecule has 0 fully saturated rings. The van der Waals surface area contributed by atoms with Gasteiger partial charge < -0.3 is 9.47 Å². The van der Waals surface area contributed by atoms with Gasteiger partial charge in [0.1, 0.15) is 0 Å². The molecule has 2 aromatic rings. The second-order valence-electron chi connectivity index (χ2n) is 4.64. The number of aromatic nitrogens is 1. The first-order chi connectivity index (χ1) is 9.96. The number of amides is 1. The van der Waals surface area contributed by atoms with Gasteiger partial charge in [0.2, 0.25) is 0 Å². The van der Waals surface area contributed by atoms with Gasteiger partial charge in [-0.3, -0.25) is 10.1 Å². The third-order valence-electron chi connectivity index (χ3n) is 3.22. The van der Waals surface area contributed by atoms with Crippen molar-refractivity contribution in [3.05, 3.63) is 33.8 Å². The van der Waals surface area contributed by atoms with E-state index in [1.54, 1.807) is 26.4 Å². The molecule has 1 aromatic carbocycles. The van der Waals surface area contributed by atoms with E-state index >= 15 is 0 Å².